The van der Waals surface area contributed by atoms with Crippen LogP contribution in [0.25, 0.3) is 0 Å². The number of hydrogen-bond acceptors (Lipinski definition) is 4. The summed E-state index contributed by atoms with van der Waals surface area (Å²) < 4.78 is 23.2. The highest BCUT2D eigenvalue weighted by atomic mass is 32.2. The molecule has 0 N–H and O–H groups in total. The molecule has 0 aliphatic carbocycles. The Hall–Kier alpha value is -1.33. The SMILES string of the molecule is C=CS(=O)(=O)CCN1Cc2ccccc2N(C)C[C@@H]1C. The van der Waals surface area contributed by atoms with Crippen LogP contribution in [0, 0.1) is 0 Å². The highest BCUT2D eigenvalue weighted by molar-refractivity contribution is 7.94. The number of rotatable bonds is 4. The summed E-state index contributed by atoms with van der Waals surface area (Å²) in [4.78, 5) is 4.46. The molecule has 1 aliphatic rings. The molecule has 1 aromatic rings. The summed E-state index contributed by atoms with van der Waals surface area (Å²) in [5, 5.41) is 1.05. The second-order valence-corrected chi connectivity index (χ2v) is 7.43. The van der Waals surface area contributed by atoms with Crippen LogP contribution in [-0.4, -0.2) is 45.2 Å². The molecule has 1 aliphatic heterocycles. The van der Waals surface area contributed by atoms with Gasteiger partial charge in [0.1, 0.15) is 0 Å². The van der Waals surface area contributed by atoms with Crippen LogP contribution < -0.4 is 4.90 Å². The highest BCUT2D eigenvalue weighted by Gasteiger charge is 2.23. The fourth-order valence-electron chi connectivity index (χ4n) is 2.63. The van der Waals surface area contributed by atoms with E-state index in [4.69, 9.17) is 0 Å². The number of para-hydroxylation sites is 1. The van der Waals surface area contributed by atoms with Gasteiger partial charge < -0.3 is 4.90 Å². The zero-order chi connectivity index (χ0) is 14.8. The number of benzene rings is 1. The molecule has 4 nitrogen and oxygen atoms in total. The van der Waals surface area contributed by atoms with E-state index < -0.39 is 9.84 Å². The summed E-state index contributed by atoms with van der Waals surface area (Å²) in [6.45, 7) is 7.73. The van der Waals surface area contributed by atoms with E-state index in [0.717, 1.165) is 18.5 Å². The molecule has 1 heterocycles. The average Bonchev–Trinajstić information content (AvgIpc) is 2.54. The van der Waals surface area contributed by atoms with Crippen molar-refractivity contribution in [3.63, 3.8) is 0 Å². The molecule has 110 valence electrons. The Morgan fingerprint density at radius 3 is 2.80 bits per heavy atom. The van der Waals surface area contributed by atoms with Crippen LogP contribution in [0.4, 0.5) is 5.69 Å². The van der Waals surface area contributed by atoms with Gasteiger partial charge in [-0.2, -0.15) is 0 Å². The van der Waals surface area contributed by atoms with Crippen LogP contribution in [0.1, 0.15) is 12.5 Å². The molecule has 0 spiro atoms. The van der Waals surface area contributed by atoms with E-state index in [2.05, 4.69) is 42.5 Å². The van der Waals surface area contributed by atoms with Gasteiger partial charge in [0, 0.05) is 43.8 Å². The Morgan fingerprint density at radius 2 is 2.10 bits per heavy atom. The minimum atomic E-state index is -3.14. The van der Waals surface area contributed by atoms with Crippen LogP contribution in [0.15, 0.2) is 36.3 Å². The van der Waals surface area contributed by atoms with Gasteiger partial charge in [0.05, 0.1) is 5.75 Å². The standard InChI is InChI=1S/C15H22N2O2S/c1-4-20(18,19)10-9-17-12-14-7-5-6-8-15(14)16(3)11-13(17)2/h4-8,13H,1,9-12H2,2-3H3/t13-/m0/s1. The third kappa shape index (κ3) is 3.41. The molecule has 5 heteroatoms. The Bertz CT molecular complexity index is 583. The van der Waals surface area contributed by atoms with E-state index in [0.29, 0.717) is 12.6 Å². The molecule has 1 aromatic carbocycles. The molecular weight excluding hydrogens is 272 g/mol. The van der Waals surface area contributed by atoms with Crippen LogP contribution in [0.5, 0.6) is 0 Å². The van der Waals surface area contributed by atoms with Gasteiger partial charge in [0.25, 0.3) is 0 Å². The van der Waals surface area contributed by atoms with Crippen molar-refractivity contribution in [3.05, 3.63) is 41.8 Å². The third-order valence-electron chi connectivity index (χ3n) is 3.85. The second-order valence-electron chi connectivity index (χ2n) is 5.36. The molecule has 0 radical (unpaired) electrons. The van der Waals surface area contributed by atoms with Crippen LogP contribution >= 0.6 is 0 Å². The van der Waals surface area contributed by atoms with E-state index in [9.17, 15) is 8.42 Å². The van der Waals surface area contributed by atoms with Gasteiger partial charge in [-0.25, -0.2) is 8.42 Å². The lowest BCUT2D eigenvalue weighted by molar-refractivity contribution is 0.221. The van der Waals surface area contributed by atoms with Crippen molar-refractivity contribution in [2.24, 2.45) is 0 Å². The predicted octanol–water partition coefficient (Wildman–Crippen LogP) is 1.89. The molecule has 0 bridgehead atoms. The van der Waals surface area contributed by atoms with Gasteiger partial charge >= 0.3 is 0 Å². The lowest BCUT2D eigenvalue weighted by atomic mass is 10.1. The van der Waals surface area contributed by atoms with Crippen molar-refractivity contribution in [2.75, 3.05) is 30.8 Å². The number of nitrogens with zero attached hydrogens (tertiary/aromatic N) is 2. The predicted molar refractivity (Wildman–Crippen MR) is 83.6 cm³/mol. The molecule has 2 rings (SSSR count). The smallest absolute Gasteiger partial charge is 0.172 e. The molecule has 0 saturated carbocycles. The Balaban J connectivity index is 2.17. The second kappa shape index (κ2) is 5.97. The first-order valence-electron chi connectivity index (χ1n) is 6.81. The quantitative estimate of drug-likeness (QED) is 0.850. The van der Waals surface area contributed by atoms with Gasteiger partial charge in [-0.15, -0.1) is 0 Å². The summed E-state index contributed by atoms with van der Waals surface area (Å²) in [5.74, 6) is 0.132. The molecule has 1 atom stereocenters. The monoisotopic (exact) mass is 294 g/mol. The van der Waals surface area contributed by atoms with Gasteiger partial charge in [0.15, 0.2) is 9.84 Å². The van der Waals surface area contributed by atoms with Crippen molar-refractivity contribution in [3.8, 4) is 0 Å². The van der Waals surface area contributed by atoms with Crippen molar-refractivity contribution in [1.82, 2.24) is 4.90 Å². The summed E-state index contributed by atoms with van der Waals surface area (Å²) in [7, 11) is -1.05. The fraction of sp³-hybridized carbons (Fsp3) is 0.467. The summed E-state index contributed by atoms with van der Waals surface area (Å²) in [5.41, 5.74) is 2.48. The van der Waals surface area contributed by atoms with E-state index >= 15 is 0 Å². The number of sulfone groups is 1. The Kier molecular flexibility index (Phi) is 4.50. The molecule has 0 unspecified atom stereocenters. The lowest BCUT2D eigenvalue weighted by Gasteiger charge is -2.28. The summed E-state index contributed by atoms with van der Waals surface area (Å²) in [6.07, 6.45) is 0. The largest absolute Gasteiger partial charge is 0.373 e. The molecular formula is C15H22N2O2S. The average molecular weight is 294 g/mol. The summed E-state index contributed by atoms with van der Waals surface area (Å²) >= 11 is 0. The van der Waals surface area contributed by atoms with E-state index in [-0.39, 0.29) is 5.75 Å². The zero-order valence-corrected chi connectivity index (χ0v) is 12.9. The maximum absolute atomic E-state index is 11.6. The first-order valence-corrected chi connectivity index (χ1v) is 8.53. The summed E-state index contributed by atoms with van der Waals surface area (Å²) in [6, 6.07) is 8.61. The van der Waals surface area contributed by atoms with Crippen molar-refractivity contribution < 1.29 is 8.42 Å². The van der Waals surface area contributed by atoms with E-state index in [1.165, 1.54) is 11.3 Å². The van der Waals surface area contributed by atoms with Crippen molar-refractivity contribution in [2.45, 2.75) is 19.5 Å². The Morgan fingerprint density at radius 1 is 1.40 bits per heavy atom. The van der Waals surface area contributed by atoms with E-state index in [1.807, 2.05) is 12.1 Å². The fourth-order valence-corrected chi connectivity index (χ4v) is 3.28. The maximum Gasteiger partial charge on any atom is 0.172 e. The molecule has 0 amide bonds. The van der Waals surface area contributed by atoms with Crippen molar-refractivity contribution >= 4 is 15.5 Å². The number of fused-ring (bicyclic) bond motifs is 1. The van der Waals surface area contributed by atoms with Crippen molar-refractivity contribution in [1.29, 1.82) is 0 Å². The molecule has 20 heavy (non-hydrogen) atoms. The van der Waals surface area contributed by atoms with Gasteiger partial charge in [-0.1, -0.05) is 24.8 Å². The van der Waals surface area contributed by atoms with Gasteiger partial charge in [-0.3, -0.25) is 4.90 Å². The highest BCUT2D eigenvalue weighted by Crippen LogP contribution is 2.25. The molecule has 0 fully saturated rings. The topological polar surface area (TPSA) is 40.6 Å². The normalized spacial score (nSPS) is 20.3. The lowest BCUT2D eigenvalue weighted by Crippen LogP contribution is -2.40. The third-order valence-corrected chi connectivity index (χ3v) is 5.11. The van der Waals surface area contributed by atoms with Gasteiger partial charge in [-0.05, 0) is 18.6 Å². The Labute approximate surface area is 121 Å². The maximum atomic E-state index is 11.6. The minimum Gasteiger partial charge on any atom is -0.373 e. The van der Waals surface area contributed by atoms with E-state index in [1.54, 1.807) is 0 Å². The first kappa shape index (κ1) is 15.1. The van der Waals surface area contributed by atoms with Gasteiger partial charge in [0.2, 0.25) is 0 Å². The minimum absolute atomic E-state index is 0.132. The number of anilines is 1. The molecule has 0 aromatic heterocycles. The molecule has 0 saturated heterocycles. The number of hydrogen-bond donors (Lipinski definition) is 0. The van der Waals surface area contributed by atoms with Crippen LogP contribution in [-0.2, 0) is 16.4 Å². The van der Waals surface area contributed by atoms with Crippen LogP contribution in [0.2, 0.25) is 0 Å². The zero-order valence-electron chi connectivity index (χ0n) is 12.1. The first-order chi connectivity index (χ1) is 9.43. The van der Waals surface area contributed by atoms with Crippen LogP contribution in [0.3, 0.4) is 0 Å². The number of likely N-dealkylation sites (N-methyl/N-ethyl adjacent to an activating group) is 1.